The van der Waals surface area contributed by atoms with Crippen molar-refractivity contribution in [1.29, 1.82) is 0 Å². The molecule has 0 saturated heterocycles. The number of nitrogens with two attached hydrogens (primary N) is 1. The largest absolute Gasteiger partial charge is 0.322 e. The van der Waals surface area contributed by atoms with Crippen LogP contribution in [0.4, 0.5) is 0 Å². The summed E-state index contributed by atoms with van der Waals surface area (Å²) < 4.78 is 0. The van der Waals surface area contributed by atoms with Crippen LogP contribution in [0.1, 0.15) is 19.4 Å². The van der Waals surface area contributed by atoms with Crippen molar-refractivity contribution in [3.05, 3.63) is 30.1 Å². The van der Waals surface area contributed by atoms with Gasteiger partial charge in [0.2, 0.25) is 0 Å². The Balaban J connectivity index is 2.97. The third-order valence-electron chi connectivity index (χ3n) is 1.41. The molecule has 2 nitrogen and oxygen atoms in total. The molecular weight excluding hydrogens is 124 g/mol. The van der Waals surface area contributed by atoms with Gasteiger partial charge in [-0.05, 0) is 25.5 Å². The first-order valence-corrected chi connectivity index (χ1v) is 3.30. The van der Waals surface area contributed by atoms with E-state index in [4.69, 9.17) is 5.73 Å². The molecule has 0 saturated carbocycles. The Morgan fingerprint density at radius 2 is 2.20 bits per heavy atom. The molecule has 0 unspecified atom stereocenters. The first-order chi connectivity index (χ1) is 4.61. The molecule has 2 heteroatoms. The molecular formula is C8H12N2. The molecule has 0 radical (unpaired) electrons. The van der Waals surface area contributed by atoms with E-state index in [9.17, 15) is 0 Å². The summed E-state index contributed by atoms with van der Waals surface area (Å²) in [4.78, 5) is 3.97. The quantitative estimate of drug-likeness (QED) is 0.631. The highest BCUT2D eigenvalue weighted by Crippen LogP contribution is 2.13. The monoisotopic (exact) mass is 136 g/mol. The van der Waals surface area contributed by atoms with Crippen LogP contribution in [0, 0.1) is 0 Å². The van der Waals surface area contributed by atoms with Crippen LogP contribution < -0.4 is 5.73 Å². The van der Waals surface area contributed by atoms with Crippen LogP contribution in [-0.2, 0) is 5.54 Å². The molecule has 0 atom stereocenters. The SMILES string of the molecule is CC(C)(N)c1cccnc1. The van der Waals surface area contributed by atoms with E-state index in [1.165, 1.54) is 0 Å². The Bertz CT molecular complexity index is 198. The van der Waals surface area contributed by atoms with Crippen molar-refractivity contribution < 1.29 is 0 Å². The van der Waals surface area contributed by atoms with Gasteiger partial charge in [-0.3, -0.25) is 4.98 Å². The van der Waals surface area contributed by atoms with Gasteiger partial charge in [0.25, 0.3) is 0 Å². The third-order valence-corrected chi connectivity index (χ3v) is 1.41. The van der Waals surface area contributed by atoms with Crippen LogP contribution >= 0.6 is 0 Å². The maximum absolute atomic E-state index is 5.82. The highest BCUT2D eigenvalue weighted by atomic mass is 14.7. The van der Waals surface area contributed by atoms with Crippen LogP contribution in [-0.4, -0.2) is 4.98 Å². The Hall–Kier alpha value is -0.890. The minimum Gasteiger partial charge on any atom is -0.322 e. The molecule has 0 aliphatic carbocycles. The lowest BCUT2D eigenvalue weighted by atomic mass is 9.98. The second-order valence-corrected chi connectivity index (χ2v) is 2.96. The summed E-state index contributed by atoms with van der Waals surface area (Å²) in [5.41, 5.74) is 6.61. The third kappa shape index (κ3) is 1.54. The summed E-state index contributed by atoms with van der Waals surface area (Å²) in [6.07, 6.45) is 3.54. The number of aromatic nitrogens is 1. The van der Waals surface area contributed by atoms with Crippen molar-refractivity contribution in [3.8, 4) is 0 Å². The number of pyridine rings is 1. The summed E-state index contributed by atoms with van der Waals surface area (Å²) in [6.45, 7) is 3.92. The van der Waals surface area contributed by atoms with E-state index in [2.05, 4.69) is 4.98 Å². The molecule has 1 aromatic heterocycles. The van der Waals surface area contributed by atoms with E-state index >= 15 is 0 Å². The van der Waals surface area contributed by atoms with Crippen molar-refractivity contribution in [1.82, 2.24) is 4.98 Å². The second kappa shape index (κ2) is 2.39. The highest BCUT2D eigenvalue weighted by molar-refractivity contribution is 5.17. The van der Waals surface area contributed by atoms with Gasteiger partial charge in [0.15, 0.2) is 0 Å². The Morgan fingerprint density at radius 1 is 1.50 bits per heavy atom. The van der Waals surface area contributed by atoms with Crippen LogP contribution in [0.25, 0.3) is 0 Å². The molecule has 0 bridgehead atoms. The van der Waals surface area contributed by atoms with Crippen molar-refractivity contribution in [3.63, 3.8) is 0 Å². The summed E-state index contributed by atoms with van der Waals surface area (Å²) in [5.74, 6) is 0. The molecule has 0 spiro atoms. The summed E-state index contributed by atoms with van der Waals surface area (Å²) >= 11 is 0. The number of hydrogen-bond donors (Lipinski definition) is 1. The van der Waals surface area contributed by atoms with Crippen molar-refractivity contribution in [2.45, 2.75) is 19.4 Å². The van der Waals surface area contributed by atoms with Gasteiger partial charge in [-0.15, -0.1) is 0 Å². The Labute approximate surface area is 61.1 Å². The van der Waals surface area contributed by atoms with E-state index in [-0.39, 0.29) is 5.54 Å². The lowest BCUT2D eigenvalue weighted by molar-refractivity contribution is 0.552. The molecule has 0 amide bonds. The topological polar surface area (TPSA) is 38.9 Å². The predicted octanol–water partition coefficient (Wildman–Crippen LogP) is 1.28. The first-order valence-electron chi connectivity index (χ1n) is 3.30. The molecule has 0 fully saturated rings. The van der Waals surface area contributed by atoms with Crippen LogP contribution in [0.2, 0.25) is 0 Å². The van der Waals surface area contributed by atoms with Gasteiger partial charge in [-0.2, -0.15) is 0 Å². The fourth-order valence-corrected chi connectivity index (χ4v) is 0.744. The van der Waals surface area contributed by atoms with Crippen molar-refractivity contribution >= 4 is 0 Å². The van der Waals surface area contributed by atoms with Gasteiger partial charge in [-0.25, -0.2) is 0 Å². The molecule has 54 valence electrons. The molecule has 1 heterocycles. The molecule has 0 aliphatic heterocycles. The van der Waals surface area contributed by atoms with E-state index < -0.39 is 0 Å². The predicted molar refractivity (Wildman–Crippen MR) is 41.5 cm³/mol. The second-order valence-electron chi connectivity index (χ2n) is 2.96. The maximum atomic E-state index is 5.82. The van der Waals surface area contributed by atoms with E-state index in [1.807, 2.05) is 26.0 Å². The average molecular weight is 136 g/mol. The summed E-state index contributed by atoms with van der Waals surface area (Å²) in [7, 11) is 0. The fraction of sp³-hybridized carbons (Fsp3) is 0.375. The lowest BCUT2D eigenvalue weighted by Crippen LogP contribution is -2.28. The van der Waals surface area contributed by atoms with Crippen molar-refractivity contribution in [2.75, 3.05) is 0 Å². The standard InChI is InChI=1S/C8H12N2/c1-8(2,9)7-4-3-5-10-6-7/h3-6H,9H2,1-2H3. The van der Waals surface area contributed by atoms with Crippen LogP contribution in [0.15, 0.2) is 24.5 Å². The van der Waals surface area contributed by atoms with Crippen LogP contribution in [0.5, 0.6) is 0 Å². The van der Waals surface area contributed by atoms with E-state index in [1.54, 1.807) is 12.4 Å². The Kier molecular flexibility index (Phi) is 1.72. The molecule has 2 N–H and O–H groups in total. The van der Waals surface area contributed by atoms with E-state index in [0.717, 1.165) is 5.56 Å². The smallest absolute Gasteiger partial charge is 0.0367 e. The van der Waals surface area contributed by atoms with Gasteiger partial charge in [0.05, 0.1) is 0 Å². The number of rotatable bonds is 1. The average Bonchev–Trinajstić information content (AvgIpc) is 1.88. The van der Waals surface area contributed by atoms with E-state index in [0.29, 0.717) is 0 Å². The molecule has 10 heavy (non-hydrogen) atoms. The zero-order valence-corrected chi connectivity index (χ0v) is 6.33. The highest BCUT2D eigenvalue weighted by Gasteiger charge is 2.12. The molecule has 0 aromatic carbocycles. The lowest BCUT2D eigenvalue weighted by Gasteiger charge is -2.17. The molecule has 1 rings (SSSR count). The first kappa shape index (κ1) is 7.22. The van der Waals surface area contributed by atoms with Crippen molar-refractivity contribution in [2.24, 2.45) is 5.73 Å². The van der Waals surface area contributed by atoms with Gasteiger partial charge in [0, 0.05) is 17.9 Å². The van der Waals surface area contributed by atoms with Gasteiger partial charge < -0.3 is 5.73 Å². The number of nitrogens with zero attached hydrogens (tertiary/aromatic N) is 1. The summed E-state index contributed by atoms with van der Waals surface area (Å²) in [5, 5.41) is 0. The zero-order chi connectivity index (χ0) is 7.61. The van der Waals surface area contributed by atoms with Crippen LogP contribution in [0.3, 0.4) is 0 Å². The maximum Gasteiger partial charge on any atom is 0.0367 e. The van der Waals surface area contributed by atoms with Gasteiger partial charge in [0.1, 0.15) is 0 Å². The van der Waals surface area contributed by atoms with Gasteiger partial charge >= 0.3 is 0 Å². The number of hydrogen-bond acceptors (Lipinski definition) is 2. The minimum absolute atomic E-state index is 0.270. The van der Waals surface area contributed by atoms with Gasteiger partial charge in [-0.1, -0.05) is 6.07 Å². The fourth-order valence-electron chi connectivity index (χ4n) is 0.744. The summed E-state index contributed by atoms with van der Waals surface area (Å²) in [6, 6.07) is 3.87. The molecule has 0 aliphatic rings. The zero-order valence-electron chi connectivity index (χ0n) is 6.33. The normalized spacial score (nSPS) is 11.5. The minimum atomic E-state index is -0.270. The molecule has 1 aromatic rings. The Morgan fingerprint density at radius 3 is 2.50 bits per heavy atom.